The minimum absolute atomic E-state index is 0.0477. The van der Waals surface area contributed by atoms with Gasteiger partial charge in [0, 0.05) is 17.4 Å². The number of aromatic hydroxyl groups is 3. The summed E-state index contributed by atoms with van der Waals surface area (Å²) in [4.78, 5) is 0. The molecule has 0 aromatic heterocycles. The van der Waals surface area contributed by atoms with Crippen LogP contribution in [0.4, 0.5) is 0 Å². The van der Waals surface area contributed by atoms with Crippen molar-refractivity contribution in [2.24, 2.45) is 5.92 Å². The number of fused-ring (bicyclic) bond motifs is 2. The van der Waals surface area contributed by atoms with E-state index in [1.807, 2.05) is 42.5 Å². The van der Waals surface area contributed by atoms with Gasteiger partial charge in [0.25, 0.3) is 0 Å². The van der Waals surface area contributed by atoms with Crippen LogP contribution < -0.4 is 0 Å². The Morgan fingerprint density at radius 3 is 2.14 bits per heavy atom. The zero-order valence-electron chi connectivity index (χ0n) is 20.5. The number of rotatable bonds is 4. The van der Waals surface area contributed by atoms with E-state index < -0.39 is 0 Å². The van der Waals surface area contributed by atoms with Crippen molar-refractivity contribution in [3.8, 4) is 28.4 Å². The molecule has 5 aromatic rings. The first kappa shape index (κ1) is 22.9. The van der Waals surface area contributed by atoms with Crippen LogP contribution in [0.15, 0.2) is 109 Å². The monoisotopic (exact) mass is 484 g/mol. The molecular formula is C34H28O3. The van der Waals surface area contributed by atoms with Gasteiger partial charge in [-0.05, 0) is 74.8 Å². The maximum absolute atomic E-state index is 11.3. The molecule has 0 saturated carbocycles. The summed E-state index contributed by atoms with van der Waals surface area (Å²) in [7, 11) is 0. The van der Waals surface area contributed by atoms with Gasteiger partial charge in [-0.25, -0.2) is 0 Å². The molecule has 1 aliphatic rings. The molecule has 0 heterocycles. The van der Waals surface area contributed by atoms with Gasteiger partial charge in [-0.1, -0.05) is 91.9 Å². The van der Waals surface area contributed by atoms with Crippen molar-refractivity contribution in [1.82, 2.24) is 0 Å². The van der Waals surface area contributed by atoms with Gasteiger partial charge in [0.15, 0.2) is 0 Å². The standard InChI is InChI=1S/C34H28O3/c1-21-7-8-24-13-16-27(35)19-29(24)32(21)33(26-11-9-23(10-12-26)22-5-3-2-4-6-22)34-30-20-28(36)17-14-25(30)15-18-31(34)37/h2-21,32-33,35-37H,1H3. The predicted octanol–water partition coefficient (Wildman–Crippen LogP) is 8.20. The lowest BCUT2D eigenvalue weighted by Gasteiger charge is -2.36. The van der Waals surface area contributed by atoms with Crippen LogP contribution in [0.1, 0.15) is 41.0 Å². The Kier molecular flexibility index (Phi) is 5.69. The van der Waals surface area contributed by atoms with Crippen LogP contribution >= 0.6 is 0 Å². The number of phenols is 3. The molecule has 5 aromatic carbocycles. The maximum atomic E-state index is 11.3. The first-order valence-electron chi connectivity index (χ1n) is 12.6. The molecule has 0 amide bonds. The first-order chi connectivity index (χ1) is 18.0. The third kappa shape index (κ3) is 4.13. The second kappa shape index (κ2) is 9.18. The molecule has 6 rings (SSSR count). The SMILES string of the molecule is CC1C=Cc2ccc(O)cc2C1C(c1ccc(-c2ccccc2)cc1)c1c(O)ccc2ccc(O)cc12. The quantitative estimate of drug-likeness (QED) is 0.241. The van der Waals surface area contributed by atoms with Crippen molar-refractivity contribution in [2.75, 3.05) is 0 Å². The highest BCUT2D eigenvalue weighted by Gasteiger charge is 2.35. The highest BCUT2D eigenvalue weighted by atomic mass is 16.3. The minimum Gasteiger partial charge on any atom is -0.508 e. The van der Waals surface area contributed by atoms with Crippen LogP contribution in [0.3, 0.4) is 0 Å². The lowest BCUT2D eigenvalue weighted by molar-refractivity contribution is 0.439. The van der Waals surface area contributed by atoms with Gasteiger partial charge in [0.2, 0.25) is 0 Å². The Balaban J connectivity index is 1.60. The van der Waals surface area contributed by atoms with E-state index in [0.717, 1.165) is 44.2 Å². The molecule has 0 bridgehead atoms. The van der Waals surface area contributed by atoms with E-state index in [0.29, 0.717) is 0 Å². The Labute approximate surface area is 216 Å². The molecule has 182 valence electrons. The van der Waals surface area contributed by atoms with Crippen LogP contribution in [0, 0.1) is 5.92 Å². The number of hydrogen-bond donors (Lipinski definition) is 3. The number of benzene rings is 5. The second-order valence-electron chi connectivity index (χ2n) is 9.93. The van der Waals surface area contributed by atoms with Gasteiger partial charge < -0.3 is 15.3 Å². The van der Waals surface area contributed by atoms with Crippen molar-refractivity contribution in [2.45, 2.75) is 18.8 Å². The van der Waals surface area contributed by atoms with E-state index in [-0.39, 0.29) is 35.0 Å². The van der Waals surface area contributed by atoms with Gasteiger partial charge in [0.1, 0.15) is 17.2 Å². The molecular weight excluding hydrogens is 456 g/mol. The van der Waals surface area contributed by atoms with E-state index in [1.165, 1.54) is 0 Å². The zero-order valence-corrected chi connectivity index (χ0v) is 20.5. The fraction of sp³-hybridized carbons (Fsp3) is 0.118. The largest absolute Gasteiger partial charge is 0.508 e. The number of allylic oxidation sites excluding steroid dienone is 1. The summed E-state index contributed by atoms with van der Waals surface area (Å²) in [6, 6.07) is 33.2. The molecule has 3 atom stereocenters. The van der Waals surface area contributed by atoms with E-state index in [4.69, 9.17) is 0 Å². The molecule has 3 N–H and O–H groups in total. The predicted molar refractivity (Wildman–Crippen MR) is 150 cm³/mol. The van der Waals surface area contributed by atoms with E-state index in [9.17, 15) is 15.3 Å². The van der Waals surface area contributed by atoms with E-state index in [2.05, 4.69) is 55.5 Å². The Morgan fingerprint density at radius 2 is 1.35 bits per heavy atom. The molecule has 0 fully saturated rings. The first-order valence-corrected chi connectivity index (χ1v) is 12.6. The number of hydrogen-bond acceptors (Lipinski definition) is 3. The summed E-state index contributed by atoms with van der Waals surface area (Å²) < 4.78 is 0. The van der Waals surface area contributed by atoms with Gasteiger partial charge in [-0.15, -0.1) is 0 Å². The van der Waals surface area contributed by atoms with Crippen LogP contribution in [0.5, 0.6) is 17.2 Å². The van der Waals surface area contributed by atoms with Crippen LogP contribution in [0.25, 0.3) is 28.0 Å². The van der Waals surface area contributed by atoms with E-state index in [1.54, 1.807) is 24.3 Å². The van der Waals surface area contributed by atoms with Crippen molar-refractivity contribution in [1.29, 1.82) is 0 Å². The summed E-state index contributed by atoms with van der Waals surface area (Å²) in [6.07, 6.45) is 4.31. The fourth-order valence-corrected chi connectivity index (χ4v) is 5.86. The maximum Gasteiger partial charge on any atom is 0.120 e. The van der Waals surface area contributed by atoms with Crippen LogP contribution in [-0.4, -0.2) is 15.3 Å². The number of phenolic OH excluding ortho intramolecular Hbond substituents is 3. The summed E-state index contributed by atoms with van der Waals surface area (Å²) >= 11 is 0. The van der Waals surface area contributed by atoms with Gasteiger partial charge in [0.05, 0.1) is 0 Å². The molecule has 0 radical (unpaired) electrons. The smallest absolute Gasteiger partial charge is 0.120 e. The zero-order chi connectivity index (χ0) is 25.5. The topological polar surface area (TPSA) is 60.7 Å². The molecule has 37 heavy (non-hydrogen) atoms. The second-order valence-corrected chi connectivity index (χ2v) is 9.93. The van der Waals surface area contributed by atoms with Gasteiger partial charge in [-0.3, -0.25) is 0 Å². The van der Waals surface area contributed by atoms with Crippen molar-refractivity contribution in [3.63, 3.8) is 0 Å². The fourth-order valence-electron chi connectivity index (χ4n) is 5.86. The van der Waals surface area contributed by atoms with E-state index >= 15 is 0 Å². The summed E-state index contributed by atoms with van der Waals surface area (Å²) in [5, 5.41) is 33.9. The van der Waals surface area contributed by atoms with Crippen molar-refractivity contribution < 1.29 is 15.3 Å². The third-order valence-corrected chi connectivity index (χ3v) is 7.65. The summed E-state index contributed by atoms with van der Waals surface area (Å²) in [5.74, 6) is 0.444. The normalized spacial score (nSPS) is 17.4. The highest BCUT2D eigenvalue weighted by molar-refractivity contribution is 5.90. The average Bonchev–Trinajstić information content (AvgIpc) is 2.92. The Bertz CT molecular complexity index is 1610. The van der Waals surface area contributed by atoms with Crippen molar-refractivity contribution in [3.05, 3.63) is 131 Å². The molecule has 0 aliphatic heterocycles. The van der Waals surface area contributed by atoms with Crippen molar-refractivity contribution >= 4 is 16.8 Å². The molecule has 3 heteroatoms. The minimum atomic E-state index is -0.226. The van der Waals surface area contributed by atoms with Crippen LogP contribution in [0.2, 0.25) is 0 Å². The Morgan fingerprint density at radius 1 is 0.676 bits per heavy atom. The van der Waals surface area contributed by atoms with Gasteiger partial charge in [-0.2, -0.15) is 0 Å². The Hall–Kier alpha value is -4.50. The van der Waals surface area contributed by atoms with Gasteiger partial charge >= 0.3 is 0 Å². The summed E-state index contributed by atoms with van der Waals surface area (Å²) in [6.45, 7) is 2.18. The molecule has 1 aliphatic carbocycles. The molecule has 0 saturated heterocycles. The highest BCUT2D eigenvalue weighted by Crippen LogP contribution is 2.51. The average molecular weight is 485 g/mol. The molecule has 0 spiro atoms. The third-order valence-electron chi connectivity index (χ3n) is 7.65. The molecule has 3 unspecified atom stereocenters. The lowest BCUT2D eigenvalue weighted by Crippen LogP contribution is -2.22. The van der Waals surface area contributed by atoms with Crippen LogP contribution in [-0.2, 0) is 0 Å². The summed E-state index contributed by atoms with van der Waals surface area (Å²) in [5.41, 5.74) is 6.22. The molecule has 3 nitrogen and oxygen atoms in total. The lowest BCUT2D eigenvalue weighted by atomic mass is 9.67.